The molecule has 0 aliphatic carbocycles. The molecule has 6 aromatic rings. The SMILES string of the molecule is CO[C@H]1CN(C)C(=O)[C@@H]2C[C@@H](CN2c2nc(CC3CN(S(C)(=O)=O)C3)nc3c2cnn3-c2ccc(F)cc2F)Nc2cccc(n2)-c2cc(F)cc3nc(C)n(c23)C1. The molecule has 9 rings (SSSR count). The van der Waals surface area contributed by atoms with Crippen molar-refractivity contribution in [3.8, 4) is 16.9 Å². The van der Waals surface area contributed by atoms with Gasteiger partial charge in [0.05, 0.1) is 47.2 Å². The number of fused-ring (bicyclic) bond motifs is 6. The third kappa shape index (κ3) is 6.79. The standard InChI is InChI=1S/C39H40F3N11O4S/c1-21-44-31-13-24(41)11-27-30-6-5-7-34(46-30)45-25-14-33(39(54)49(2)19-26(57-3)20-51(21)36(27)31)52(18-25)37-28-15-43-53(32-9-8-23(40)12-29(32)42)38(28)48-35(47-37)10-22-16-50(17-22)58(4,55)56/h5-9,11-13,15,22,25-26,33H,10,14,16-20H2,1-4H3,(H,45,46)/t25-,26-,33-/m0/s1. The summed E-state index contributed by atoms with van der Waals surface area (Å²) >= 11 is 0. The Bertz CT molecular complexity index is 2720. The Morgan fingerprint density at radius 3 is 2.52 bits per heavy atom. The maximum absolute atomic E-state index is 15.3. The van der Waals surface area contributed by atoms with Gasteiger partial charge < -0.3 is 24.4 Å². The Morgan fingerprint density at radius 2 is 1.76 bits per heavy atom. The van der Waals surface area contributed by atoms with Gasteiger partial charge in [-0.3, -0.25) is 4.79 Å². The largest absolute Gasteiger partial charge is 0.378 e. The van der Waals surface area contributed by atoms with Gasteiger partial charge in [0.1, 0.15) is 46.6 Å². The highest BCUT2D eigenvalue weighted by atomic mass is 32.2. The van der Waals surface area contributed by atoms with E-state index in [-0.39, 0.29) is 55.4 Å². The number of hydrogen-bond acceptors (Lipinski definition) is 11. The Kier molecular flexibility index (Phi) is 9.35. The van der Waals surface area contributed by atoms with E-state index in [2.05, 4.69) is 15.4 Å². The number of rotatable bonds is 6. The number of carbonyl (C=O) groups is 1. The average molecular weight is 816 g/mol. The van der Waals surface area contributed by atoms with Crippen molar-refractivity contribution < 1.29 is 31.1 Å². The summed E-state index contributed by atoms with van der Waals surface area (Å²) in [5.74, 6) is -0.424. The first-order valence-corrected chi connectivity index (χ1v) is 20.7. The van der Waals surface area contributed by atoms with Gasteiger partial charge in [0.2, 0.25) is 15.9 Å². The zero-order chi connectivity index (χ0) is 40.6. The van der Waals surface area contributed by atoms with Crippen molar-refractivity contribution in [2.24, 2.45) is 5.92 Å². The lowest BCUT2D eigenvalue weighted by atomic mass is 9.99. The lowest BCUT2D eigenvalue weighted by molar-refractivity contribution is -0.132. The Morgan fingerprint density at radius 1 is 0.948 bits per heavy atom. The molecule has 15 nitrogen and oxygen atoms in total. The number of methoxy groups -OCH3 is 1. The molecular weight excluding hydrogens is 776 g/mol. The molecule has 4 aromatic heterocycles. The monoisotopic (exact) mass is 815 g/mol. The third-order valence-corrected chi connectivity index (χ3v) is 12.5. The number of pyridine rings is 1. The van der Waals surface area contributed by atoms with Crippen molar-refractivity contribution in [1.82, 2.24) is 43.5 Å². The summed E-state index contributed by atoms with van der Waals surface area (Å²) in [6.07, 6.45) is 2.82. The second kappa shape index (κ2) is 14.3. The van der Waals surface area contributed by atoms with E-state index in [0.717, 1.165) is 18.4 Å². The van der Waals surface area contributed by atoms with E-state index in [4.69, 9.17) is 19.7 Å². The number of halogens is 3. The quantitative estimate of drug-likeness (QED) is 0.260. The first-order chi connectivity index (χ1) is 27.7. The Balaban J connectivity index is 1.15. The summed E-state index contributed by atoms with van der Waals surface area (Å²) in [4.78, 5) is 37.6. The Labute approximate surface area is 331 Å². The number of likely N-dealkylation sites (N-methyl/N-ethyl adjacent to an activating group) is 1. The highest BCUT2D eigenvalue weighted by Gasteiger charge is 2.42. The van der Waals surface area contributed by atoms with Gasteiger partial charge in [-0.05, 0) is 49.6 Å². The van der Waals surface area contributed by atoms with Crippen LogP contribution in [0, 0.1) is 30.3 Å². The molecule has 3 aliphatic heterocycles. The molecular formula is C39H40F3N11O4S. The smallest absolute Gasteiger partial charge is 0.245 e. The fourth-order valence-corrected chi connectivity index (χ4v) is 9.33. The average Bonchev–Trinajstić information content (AvgIpc) is 3.86. The van der Waals surface area contributed by atoms with Gasteiger partial charge in [-0.15, -0.1) is 0 Å². The maximum atomic E-state index is 15.3. The van der Waals surface area contributed by atoms with Crippen molar-refractivity contribution in [3.63, 3.8) is 0 Å². The van der Waals surface area contributed by atoms with Crippen LogP contribution in [-0.2, 0) is 32.5 Å². The number of ether oxygens (including phenoxy) is 1. The van der Waals surface area contributed by atoms with Crippen molar-refractivity contribution in [2.45, 2.75) is 44.5 Å². The van der Waals surface area contributed by atoms with E-state index >= 15 is 8.78 Å². The normalized spacial score (nSPS) is 20.7. The molecule has 2 saturated heterocycles. The van der Waals surface area contributed by atoms with E-state index in [1.54, 1.807) is 19.1 Å². The molecule has 3 atom stereocenters. The zero-order valence-electron chi connectivity index (χ0n) is 32.1. The minimum absolute atomic E-state index is 0.0305. The lowest BCUT2D eigenvalue weighted by Crippen LogP contribution is -2.50. The van der Waals surface area contributed by atoms with Crippen molar-refractivity contribution >= 4 is 49.6 Å². The number of sulfonamides is 1. The summed E-state index contributed by atoms with van der Waals surface area (Å²) < 4.78 is 79.2. The van der Waals surface area contributed by atoms with Crippen molar-refractivity contribution in [2.75, 3.05) is 56.8 Å². The number of aryl methyl sites for hydroxylation is 1. The molecule has 2 fully saturated rings. The van der Waals surface area contributed by atoms with E-state index in [9.17, 15) is 17.6 Å². The first-order valence-electron chi connectivity index (χ1n) is 18.8. The molecule has 2 aromatic carbocycles. The van der Waals surface area contributed by atoms with Crippen LogP contribution in [0.15, 0.2) is 54.7 Å². The van der Waals surface area contributed by atoms with Crippen molar-refractivity contribution in [3.05, 3.63) is 83.8 Å². The molecule has 1 N–H and O–H groups in total. The van der Waals surface area contributed by atoms with Gasteiger partial charge in [-0.1, -0.05) is 6.07 Å². The summed E-state index contributed by atoms with van der Waals surface area (Å²) in [5, 5.41) is 8.42. The molecule has 58 heavy (non-hydrogen) atoms. The number of aromatic nitrogens is 7. The molecule has 7 heterocycles. The van der Waals surface area contributed by atoms with Gasteiger partial charge >= 0.3 is 0 Å². The zero-order valence-corrected chi connectivity index (χ0v) is 32.9. The fourth-order valence-electron chi connectivity index (χ4n) is 8.37. The van der Waals surface area contributed by atoms with Crippen LogP contribution in [0.3, 0.4) is 0 Å². The van der Waals surface area contributed by atoms with Crippen molar-refractivity contribution in [1.29, 1.82) is 0 Å². The summed E-state index contributed by atoms with van der Waals surface area (Å²) in [7, 11) is -0.0729. The number of benzene rings is 2. The summed E-state index contributed by atoms with van der Waals surface area (Å²) in [6.45, 7) is 3.23. The predicted molar refractivity (Wildman–Crippen MR) is 209 cm³/mol. The summed E-state index contributed by atoms with van der Waals surface area (Å²) in [6, 6.07) is 10.4. The van der Waals surface area contributed by atoms with Gasteiger partial charge in [-0.25, -0.2) is 50.5 Å². The molecule has 302 valence electrons. The third-order valence-electron chi connectivity index (χ3n) is 11.3. The minimum atomic E-state index is -3.37. The molecule has 1 amide bonds. The molecule has 0 unspecified atom stereocenters. The number of imidazole rings is 1. The molecule has 19 heteroatoms. The molecule has 4 bridgehead atoms. The van der Waals surface area contributed by atoms with Gasteiger partial charge in [-0.2, -0.15) is 5.10 Å². The van der Waals surface area contributed by atoms with Crippen LogP contribution >= 0.6 is 0 Å². The predicted octanol–water partition coefficient (Wildman–Crippen LogP) is 3.93. The van der Waals surface area contributed by atoms with Gasteiger partial charge in [0, 0.05) is 70.5 Å². The number of hydrogen-bond donors (Lipinski definition) is 1. The van der Waals surface area contributed by atoms with Gasteiger partial charge in [0.25, 0.3) is 0 Å². The van der Waals surface area contributed by atoms with E-state index < -0.39 is 39.6 Å². The van der Waals surface area contributed by atoms with Crippen LogP contribution in [0.1, 0.15) is 18.1 Å². The van der Waals surface area contributed by atoms with Gasteiger partial charge in [0.15, 0.2) is 11.5 Å². The fraction of sp³-hybridized carbons (Fsp3) is 0.385. The number of nitrogens with zero attached hydrogens (tertiary/aromatic N) is 10. The number of carbonyl (C=O) groups excluding carboxylic acids is 1. The van der Waals surface area contributed by atoms with E-state index in [1.807, 2.05) is 34.6 Å². The second-order valence-electron chi connectivity index (χ2n) is 15.3. The Hall–Kier alpha value is -5.66. The van der Waals surface area contributed by atoms with Crippen LogP contribution in [0.4, 0.5) is 24.8 Å². The van der Waals surface area contributed by atoms with Crippen LogP contribution in [-0.4, -0.2) is 123 Å². The number of amides is 1. The van der Waals surface area contributed by atoms with E-state index in [1.165, 1.54) is 33.4 Å². The maximum Gasteiger partial charge on any atom is 0.245 e. The number of nitrogens with one attached hydrogen (secondary N) is 1. The molecule has 3 aliphatic rings. The number of anilines is 2. The van der Waals surface area contributed by atoms with Crippen LogP contribution in [0.5, 0.6) is 0 Å². The minimum Gasteiger partial charge on any atom is -0.378 e. The lowest BCUT2D eigenvalue weighted by Gasteiger charge is -2.37. The van der Waals surface area contributed by atoms with Crippen LogP contribution in [0.2, 0.25) is 0 Å². The highest BCUT2D eigenvalue weighted by Crippen LogP contribution is 2.36. The molecule has 0 spiro atoms. The van der Waals surface area contributed by atoms with Crippen LogP contribution in [0.25, 0.3) is 39.0 Å². The van der Waals surface area contributed by atoms with E-state index in [0.29, 0.717) is 70.3 Å². The highest BCUT2D eigenvalue weighted by molar-refractivity contribution is 7.88. The molecule has 0 radical (unpaired) electrons. The van der Waals surface area contributed by atoms with Crippen LogP contribution < -0.4 is 10.2 Å². The topological polar surface area (TPSA) is 156 Å². The first kappa shape index (κ1) is 37.9. The summed E-state index contributed by atoms with van der Waals surface area (Å²) in [5.41, 5.74) is 2.50. The second-order valence-corrected chi connectivity index (χ2v) is 17.3. The molecule has 0 saturated carbocycles.